The Bertz CT molecular complexity index is 572. The van der Waals surface area contributed by atoms with Gasteiger partial charge in [0, 0.05) is 10.9 Å². The molecule has 0 radical (unpaired) electrons. The molecule has 0 aliphatic rings. The lowest BCUT2D eigenvalue weighted by atomic mass is 10.2. The van der Waals surface area contributed by atoms with Crippen molar-refractivity contribution in [3.63, 3.8) is 0 Å². The first-order chi connectivity index (χ1) is 9.15. The van der Waals surface area contributed by atoms with E-state index in [1.54, 1.807) is 25.6 Å². The molecule has 0 atom stereocenters. The van der Waals surface area contributed by atoms with Crippen molar-refractivity contribution in [2.45, 2.75) is 13.5 Å². The Labute approximate surface area is 124 Å². The van der Waals surface area contributed by atoms with Crippen molar-refractivity contribution in [2.24, 2.45) is 0 Å². The number of halogens is 1. The number of hydrogen-bond acceptors (Lipinski definition) is 5. The van der Waals surface area contributed by atoms with Gasteiger partial charge in [0.05, 0.1) is 42.1 Å². The van der Waals surface area contributed by atoms with E-state index in [9.17, 15) is 0 Å². The molecule has 0 fully saturated rings. The van der Waals surface area contributed by atoms with Crippen molar-refractivity contribution in [1.82, 2.24) is 4.98 Å². The number of rotatable bonds is 5. The number of aryl methyl sites for hydroxylation is 1. The molecule has 1 N–H and O–H groups in total. The molecular formula is C13H15BrN2O2S. The molecule has 0 aliphatic heterocycles. The molecule has 1 aromatic heterocycles. The van der Waals surface area contributed by atoms with Crippen LogP contribution in [0.4, 0.5) is 5.69 Å². The fourth-order valence-electron chi connectivity index (χ4n) is 1.67. The Kier molecular flexibility index (Phi) is 4.66. The van der Waals surface area contributed by atoms with Gasteiger partial charge in [-0.2, -0.15) is 0 Å². The van der Waals surface area contributed by atoms with Gasteiger partial charge in [-0.15, -0.1) is 11.3 Å². The second-order valence-electron chi connectivity index (χ2n) is 3.90. The number of hydrogen-bond donors (Lipinski definition) is 1. The SMILES string of the molecule is COc1cc(OC)c(NCc2scnc2C)cc1Br. The summed E-state index contributed by atoms with van der Waals surface area (Å²) in [5.41, 5.74) is 3.83. The molecule has 6 heteroatoms. The summed E-state index contributed by atoms with van der Waals surface area (Å²) < 4.78 is 11.5. The zero-order chi connectivity index (χ0) is 13.8. The van der Waals surface area contributed by atoms with Crippen LogP contribution in [-0.4, -0.2) is 19.2 Å². The molecule has 0 unspecified atom stereocenters. The molecule has 0 saturated carbocycles. The van der Waals surface area contributed by atoms with E-state index in [-0.39, 0.29) is 0 Å². The Hall–Kier alpha value is -1.27. The third kappa shape index (κ3) is 3.19. The first-order valence-electron chi connectivity index (χ1n) is 5.70. The highest BCUT2D eigenvalue weighted by molar-refractivity contribution is 9.10. The fraction of sp³-hybridized carbons (Fsp3) is 0.308. The van der Waals surface area contributed by atoms with Gasteiger partial charge in [0.25, 0.3) is 0 Å². The molecule has 0 saturated heterocycles. The number of ether oxygens (including phenoxy) is 2. The highest BCUT2D eigenvalue weighted by Gasteiger charge is 2.10. The average molecular weight is 343 g/mol. The summed E-state index contributed by atoms with van der Waals surface area (Å²) >= 11 is 5.12. The van der Waals surface area contributed by atoms with Gasteiger partial charge >= 0.3 is 0 Å². The summed E-state index contributed by atoms with van der Waals surface area (Å²) in [5.74, 6) is 1.50. The molecule has 2 aromatic rings. The van der Waals surface area contributed by atoms with Gasteiger partial charge in [0.15, 0.2) is 0 Å². The number of nitrogens with zero attached hydrogens (tertiary/aromatic N) is 1. The predicted molar refractivity (Wildman–Crippen MR) is 81.4 cm³/mol. The van der Waals surface area contributed by atoms with Gasteiger partial charge in [-0.1, -0.05) is 0 Å². The van der Waals surface area contributed by atoms with E-state index >= 15 is 0 Å². The highest BCUT2D eigenvalue weighted by atomic mass is 79.9. The lowest BCUT2D eigenvalue weighted by molar-refractivity contribution is 0.393. The van der Waals surface area contributed by atoms with Gasteiger partial charge in [-0.25, -0.2) is 4.98 Å². The average Bonchev–Trinajstić information content (AvgIpc) is 2.82. The molecule has 102 valence electrons. The summed E-state index contributed by atoms with van der Waals surface area (Å²) in [4.78, 5) is 5.45. The van der Waals surface area contributed by atoms with Crippen molar-refractivity contribution in [1.29, 1.82) is 0 Å². The molecule has 0 bridgehead atoms. The monoisotopic (exact) mass is 342 g/mol. The van der Waals surface area contributed by atoms with Gasteiger partial charge in [-0.3, -0.25) is 0 Å². The molecule has 0 spiro atoms. The molecule has 0 amide bonds. The van der Waals surface area contributed by atoms with Gasteiger partial charge in [0.1, 0.15) is 11.5 Å². The summed E-state index contributed by atoms with van der Waals surface area (Å²) in [7, 11) is 3.28. The van der Waals surface area contributed by atoms with Crippen LogP contribution in [-0.2, 0) is 6.54 Å². The van der Waals surface area contributed by atoms with Crippen LogP contribution in [0.15, 0.2) is 22.1 Å². The first kappa shape index (κ1) is 14.1. The summed E-state index contributed by atoms with van der Waals surface area (Å²) in [6.07, 6.45) is 0. The number of nitrogens with one attached hydrogen (secondary N) is 1. The summed E-state index contributed by atoms with van der Waals surface area (Å²) in [6.45, 7) is 2.74. The van der Waals surface area contributed by atoms with E-state index in [1.807, 2.05) is 24.6 Å². The Morgan fingerprint density at radius 1 is 1.26 bits per heavy atom. The Morgan fingerprint density at radius 2 is 2.00 bits per heavy atom. The Morgan fingerprint density at radius 3 is 2.58 bits per heavy atom. The van der Waals surface area contributed by atoms with Crippen molar-refractivity contribution in [3.8, 4) is 11.5 Å². The van der Waals surface area contributed by atoms with Crippen molar-refractivity contribution < 1.29 is 9.47 Å². The van der Waals surface area contributed by atoms with Crippen LogP contribution in [0.25, 0.3) is 0 Å². The molecule has 1 aromatic carbocycles. The maximum atomic E-state index is 5.37. The van der Waals surface area contributed by atoms with Crippen LogP contribution in [0.5, 0.6) is 11.5 Å². The van der Waals surface area contributed by atoms with Crippen molar-refractivity contribution in [3.05, 3.63) is 32.7 Å². The molecule has 19 heavy (non-hydrogen) atoms. The molecule has 2 rings (SSSR count). The Balaban J connectivity index is 2.20. The van der Waals surface area contributed by atoms with E-state index in [0.717, 1.165) is 33.9 Å². The van der Waals surface area contributed by atoms with Crippen LogP contribution in [0.2, 0.25) is 0 Å². The van der Waals surface area contributed by atoms with Crippen LogP contribution in [0, 0.1) is 6.92 Å². The van der Waals surface area contributed by atoms with Crippen LogP contribution < -0.4 is 14.8 Å². The first-order valence-corrected chi connectivity index (χ1v) is 7.37. The van der Waals surface area contributed by atoms with E-state index < -0.39 is 0 Å². The van der Waals surface area contributed by atoms with E-state index in [1.165, 1.54) is 4.88 Å². The second-order valence-corrected chi connectivity index (χ2v) is 5.70. The fourth-order valence-corrected chi connectivity index (χ4v) is 2.89. The molecular weight excluding hydrogens is 328 g/mol. The van der Waals surface area contributed by atoms with E-state index in [2.05, 4.69) is 26.2 Å². The quantitative estimate of drug-likeness (QED) is 0.896. The lowest BCUT2D eigenvalue weighted by Crippen LogP contribution is -2.02. The zero-order valence-corrected chi connectivity index (χ0v) is 13.4. The third-order valence-corrected chi connectivity index (χ3v) is 4.31. The van der Waals surface area contributed by atoms with Gasteiger partial charge in [-0.05, 0) is 28.9 Å². The minimum Gasteiger partial charge on any atom is -0.495 e. The van der Waals surface area contributed by atoms with Crippen LogP contribution >= 0.6 is 27.3 Å². The smallest absolute Gasteiger partial charge is 0.145 e. The highest BCUT2D eigenvalue weighted by Crippen LogP contribution is 2.36. The standard InChI is InChI=1S/C13H15BrN2O2S/c1-8-13(19-7-16-8)6-15-10-4-9(14)11(17-2)5-12(10)18-3/h4-5,7,15H,6H2,1-3H3. The molecule has 1 heterocycles. The topological polar surface area (TPSA) is 43.4 Å². The molecule has 4 nitrogen and oxygen atoms in total. The largest absolute Gasteiger partial charge is 0.495 e. The van der Waals surface area contributed by atoms with Crippen molar-refractivity contribution >= 4 is 33.0 Å². The normalized spacial score (nSPS) is 10.3. The lowest BCUT2D eigenvalue weighted by Gasteiger charge is -2.13. The van der Waals surface area contributed by atoms with E-state index in [0.29, 0.717) is 0 Å². The number of aromatic nitrogens is 1. The number of benzene rings is 1. The maximum Gasteiger partial charge on any atom is 0.145 e. The minimum atomic E-state index is 0.728. The summed E-state index contributed by atoms with van der Waals surface area (Å²) in [5, 5.41) is 3.36. The number of methoxy groups -OCH3 is 2. The van der Waals surface area contributed by atoms with Crippen molar-refractivity contribution in [2.75, 3.05) is 19.5 Å². The van der Waals surface area contributed by atoms with E-state index in [4.69, 9.17) is 9.47 Å². The van der Waals surface area contributed by atoms with Gasteiger partial charge in [0.2, 0.25) is 0 Å². The van der Waals surface area contributed by atoms with Crippen LogP contribution in [0.1, 0.15) is 10.6 Å². The minimum absolute atomic E-state index is 0.728. The third-order valence-electron chi connectivity index (χ3n) is 2.76. The second kappa shape index (κ2) is 6.25. The molecule has 0 aliphatic carbocycles. The zero-order valence-electron chi connectivity index (χ0n) is 11.0. The number of thiazole rings is 1. The summed E-state index contributed by atoms with van der Waals surface area (Å²) in [6, 6.07) is 3.81. The number of anilines is 1. The van der Waals surface area contributed by atoms with Crippen LogP contribution in [0.3, 0.4) is 0 Å². The predicted octanol–water partition coefficient (Wildman–Crippen LogP) is 3.84. The van der Waals surface area contributed by atoms with Gasteiger partial charge < -0.3 is 14.8 Å². The maximum absolute atomic E-state index is 5.37.